The number of aromatic nitrogens is 4. The molecule has 0 unspecified atom stereocenters. The fourth-order valence-corrected chi connectivity index (χ4v) is 5.29. The fraction of sp³-hybridized carbons (Fsp3) is 0.424. The summed E-state index contributed by atoms with van der Waals surface area (Å²) < 4.78 is 56.3. The second-order valence-electron chi connectivity index (χ2n) is 12.1. The van der Waals surface area contributed by atoms with E-state index < -0.39 is 17.8 Å². The Morgan fingerprint density at radius 1 is 1.00 bits per heavy atom. The third-order valence-corrected chi connectivity index (χ3v) is 7.73. The molecule has 0 saturated carbocycles. The van der Waals surface area contributed by atoms with Crippen molar-refractivity contribution in [1.29, 1.82) is 0 Å². The van der Waals surface area contributed by atoms with Gasteiger partial charge in [0.1, 0.15) is 11.4 Å². The van der Waals surface area contributed by atoms with Crippen molar-refractivity contribution in [3.63, 3.8) is 0 Å². The summed E-state index contributed by atoms with van der Waals surface area (Å²) in [6, 6.07) is 16.4. The van der Waals surface area contributed by atoms with E-state index in [9.17, 15) is 18.0 Å². The molecule has 4 aromatic rings. The molecule has 2 aromatic heterocycles. The largest absolute Gasteiger partial charge is 0.493 e. The fourth-order valence-electron chi connectivity index (χ4n) is 5.29. The van der Waals surface area contributed by atoms with Gasteiger partial charge in [0.25, 0.3) is 5.89 Å². The van der Waals surface area contributed by atoms with Gasteiger partial charge in [-0.3, -0.25) is 4.79 Å². The van der Waals surface area contributed by atoms with E-state index in [1.54, 1.807) is 11.8 Å². The standard InChI is InChI=1S/C33H36F3N5O4/c1-5-43-30(42)26-20-41(31-37-16-14-27(38-31)33(34,35)36)19-23(26)18-21-6-12-25(13-7-21)44-17-15-28-39-29(45-40-28)22-8-10-24(11-9-22)32(2,3)4/h6-14,16,23,26H,5,15,17-20H2,1-4H3/t23-,26+/m1/s1. The predicted molar refractivity (Wildman–Crippen MR) is 161 cm³/mol. The van der Waals surface area contributed by atoms with Crippen LogP contribution in [0.25, 0.3) is 11.5 Å². The number of halogens is 3. The minimum absolute atomic E-state index is 0.0574. The van der Waals surface area contributed by atoms with Gasteiger partial charge < -0.3 is 18.9 Å². The van der Waals surface area contributed by atoms with Crippen LogP contribution in [-0.2, 0) is 34.0 Å². The van der Waals surface area contributed by atoms with Crippen LogP contribution >= 0.6 is 0 Å². The van der Waals surface area contributed by atoms with Crippen molar-refractivity contribution in [3.8, 4) is 17.2 Å². The number of anilines is 1. The van der Waals surface area contributed by atoms with Gasteiger partial charge in [-0.1, -0.05) is 50.2 Å². The summed E-state index contributed by atoms with van der Waals surface area (Å²) in [5.41, 5.74) is 2.07. The molecular weight excluding hydrogens is 587 g/mol. The molecular formula is C33H36F3N5O4. The summed E-state index contributed by atoms with van der Waals surface area (Å²) in [6.07, 6.45) is -2.53. The number of carbonyl (C=O) groups excluding carboxylic acids is 1. The number of alkyl halides is 3. The van der Waals surface area contributed by atoms with Gasteiger partial charge in [0.05, 0.1) is 19.1 Å². The van der Waals surface area contributed by atoms with Crippen molar-refractivity contribution >= 4 is 11.9 Å². The molecule has 0 aliphatic carbocycles. The maximum Gasteiger partial charge on any atom is 0.433 e. The van der Waals surface area contributed by atoms with E-state index in [1.807, 2.05) is 36.4 Å². The maximum atomic E-state index is 13.2. The number of hydrogen-bond donors (Lipinski definition) is 0. The third kappa shape index (κ3) is 7.98. The molecule has 0 amide bonds. The first-order valence-electron chi connectivity index (χ1n) is 14.9. The molecule has 238 valence electrons. The van der Waals surface area contributed by atoms with E-state index in [-0.39, 0.29) is 36.4 Å². The average molecular weight is 624 g/mol. The monoisotopic (exact) mass is 623 g/mol. The number of carbonyl (C=O) groups is 1. The second kappa shape index (κ2) is 13.3. The molecule has 1 saturated heterocycles. The molecule has 5 rings (SSSR count). The van der Waals surface area contributed by atoms with Gasteiger partial charge in [0, 0.05) is 31.3 Å². The van der Waals surface area contributed by atoms with E-state index in [4.69, 9.17) is 14.0 Å². The van der Waals surface area contributed by atoms with Gasteiger partial charge in [-0.15, -0.1) is 0 Å². The van der Waals surface area contributed by atoms with Crippen LogP contribution < -0.4 is 9.64 Å². The maximum absolute atomic E-state index is 13.2. The normalized spacial score (nSPS) is 17.0. The van der Waals surface area contributed by atoms with Crippen LogP contribution in [0.15, 0.2) is 65.3 Å². The molecule has 0 radical (unpaired) electrons. The van der Waals surface area contributed by atoms with Gasteiger partial charge in [-0.25, -0.2) is 9.97 Å². The van der Waals surface area contributed by atoms with Crippen molar-refractivity contribution in [2.24, 2.45) is 11.8 Å². The molecule has 0 N–H and O–H groups in total. The lowest BCUT2D eigenvalue weighted by atomic mass is 9.87. The minimum Gasteiger partial charge on any atom is -0.493 e. The highest BCUT2D eigenvalue weighted by Gasteiger charge is 2.40. The highest BCUT2D eigenvalue weighted by molar-refractivity contribution is 5.74. The van der Waals surface area contributed by atoms with Gasteiger partial charge in [0.2, 0.25) is 5.95 Å². The topological polar surface area (TPSA) is 103 Å². The van der Waals surface area contributed by atoms with E-state index in [2.05, 4.69) is 53.0 Å². The van der Waals surface area contributed by atoms with Crippen molar-refractivity contribution in [1.82, 2.24) is 20.1 Å². The van der Waals surface area contributed by atoms with Crippen LogP contribution in [0.2, 0.25) is 0 Å². The summed E-state index contributed by atoms with van der Waals surface area (Å²) in [6.45, 7) is 9.25. The first-order chi connectivity index (χ1) is 21.4. The Kier molecular flexibility index (Phi) is 9.40. The number of nitrogens with zero attached hydrogens (tertiary/aromatic N) is 5. The van der Waals surface area contributed by atoms with Crippen molar-refractivity contribution < 1.29 is 32.0 Å². The van der Waals surface area contributed by atoms with Gasteiger partial charge in [-0.05, 0) is 66.1 Å². The molecule has 9 nitrogen and oxygen atoms in total. The SMILES string of the molecule is CCOC(=O)[C@H]1CN(c2nccc(C(F)(F)F)n2)C[C@H]1Cc1ccc(OCCc2noc(-c3ccc(C(C)(C)C)cc3)n2)cc1. The zero-order valence-corrected chi connectivity index (χ0v) is 25.7. The Morgan fingerprint density at radius 3 is 2.40 bits per heavy atom. The predicted octanol–water partition coefficient (Wildman–Crippen LogP) is 6.32. The lowest BCUT2D eigenvalue weighted by Gasteiger charge is -2.18. The third-order valence-electron chi connectivity index (χ3n) is 7.73. The number of hydrogen-bond acceptors (Lipinski definition) is 9. The van der Waals surface area contributed by atoms with Crippen LogP contribution in [-0.4, -0.2) is 52.4 Å². The van der Waals surface area contributed by atoms with Crippen LogP contribution in [0.1, 0.15) is 50.3 Å². The molecule has 45 heavy (non-hydrogen) atoms. The zero-order chi connectivity index (χ0) is 32.2. The summed E-state index contributed by atoms with van der Waals surface area (Å²) in [5, 5.41) is 4.07. The highest BCUT2D eigenvalue weighted by Crippen LogP contribution is 2.33. The molecule has 1 fully saturated rings. The van der Waals surface area contributed by atoms with Crippen LogP contribution in [0.3, 0.4) is 0 Å². The molecule has 1 aliphatic heterocycles. The Labute approximate surface area is 259 Å². The minimum atomic E-state index is -4.59. The van der Waals surface area contributed by atoms with E-state index in [1.165, 1.54) is 5.56 Å². The molecule has 0 bridgehead atoms. The van der Waals surface area contributed by atoms with Gasteiger partial charge in [0.15, 0.2) is 5.82 Å². The van der Waals surface area contributed by atoms with Crippen molar-refractivity contribution in [2.45, 2.75) is 52.1 Å². The second-order valence-corrected chi connectivity index (χ2v) is 12.1. The van der Waals surface area contributed by atoms with Crippen LogP contribution in [0.4, 0.5) is 19.1 Å². The molecule has 2 atom stereocenters. The molecule has 3 heterocycles. The Morgan fingerprint density at radius 2 is 1.73 bits per heavy atom. The summed E-state index contributed by atoms with van der Waals surface area (Å²) in [5.74, 6) is 0.484. The van der Waals surface area contributed by atoms with E-state index >= 15 is 0 Å². The highest BCUT2D eigenvalue weighted by atomic mass is 19.4. The van der Waals surface area contributed by atoms with Crippen LogP contribution in [0.5, 0.6) is 5.75 Å². The van der Waals surface area contributed by atoms with E-state index in [0.29, 0.717) is 43.5 Å². The lowest BCUT2D eigenvalue weighted by Crippen LogP contribution is -2.27. The lowest BCUT2D eigenvalue weighted by molar-refractivity contribution is -0.148. The first kappa shape index (κ1) is 31.9. The smallest absolute Gasteiger partial charge is 0.433 e. The Bertz CT molecular complexity index is 1580. The zero-order valence-electron chi connectivity index (χ0n) is 25.7. The van der Waals surface area contributed by atoms with E-state index in [0.717, 1.165) is 23.4 Å². The molecule has 12 heteroatoms. The van der Waals surface area contributed by atoms with Gasteiger partial charge in [-0.2, -0.15) is 18.2 Å². The molecule has 0 spiro atoms. The Hall–Kier alpha value is -4.48. The Balaban J connectivity index is 1.17. The number of rotatable bonds is 10. The first-order valence-corrected chi connectivity index (χ1v) is 14.9. The quantitative estimate of drug-likeness (QED) is 0.188. The molecule has 2 aromatic carbocycles. The van der Waals surface area contributed by atoms with Crippen molar-refractivity contribution in [2.75, 3.05) is 31.2 Å². The number of ether oxygens (including phenoxy) is 2. The number of esters is 1. The average Bonchev–Trinajstić information content (AvgIpc) is 3.65. The van der Waals surface area contributed by atoms with Crippen LogP contribution in [0, 0.1) is 11.8 Å². The van der Waals surface area contributed by atoms with Gasteiger partial charge >= 0.3 is 12.1 Å². The number of benzene rings is 2. The molecule has 1 aliphatic rings. The summed E-state index contributed by atoms with van der Waals surface area (Å²) in [4.78, 5) is 26.6. The van der Waals surface area contributed by atoms with Crippen molar-refractivity contribution in [3.05, 3.63) is 83.4 Å². The summed E-state index contributed by atoms with van der Waals surface area (Å²) >= 11 is 0. The summed E-state index contributed by atoms with van der Waals surface area (Å²) in [7, 11) is 0.